The number of hydrogen-bond donors (Lipinski definition) is 2. The monoisotopic (exact) mass is 225 g/mol. The SMILES string of the molecule is CC(O)CCC(=O)NCCOCC(F)F. The minimum atomic E-state index is -2.48. The molecule has 2 N–H and O–H groups in total. The summed E-state index contributed by atoms with van der Waals surface area (Å²) in [5.74, 6) is -0.212. The fourth-order valence-electron chi connectivity index (χ4n) is 0.863. The quantitative estimate of drug-likeness (QED) is 0.593. The lowest BCUT2D eigenvalue weighted by molar-refractivity contribution is -0.121. The first-order valence-corrected chi connectivity index (χ1v) is 4.83. The Morgan fingerprint density at radius 3 is 2.73 bits per heavy atom. The molecule has 0 bridgehead atoms. The molecule has 6 heteroatoms. The zero-order valence-electron chi connectivity index (χ0n) is 8.71. The van der Waals surface area contributed by atoms with Crippen molar-refractivity contribution in [3.63, 3.8) is 0 Å². The van der Waals surface area contributed by atoms with E-state index in [1.54, 1.807) is 6.92 Å². The Bertz CT molecular complexity index is 177. The van der Waals surface area contributed by atoms with Crippen LogP contribution in [0.15, 0.2) is 0 Å². The number of carbonyl (C=O) groups is 1. The summed E-state index contributed by atoms with van der Waals surface area (Å²) in [6, 6.07) is 0. The molecule has 0 radical (unpaired) electrons. The number of aliphatic hydroxyl groups is 1. The normalized spacial score (nSPS) is 12.9. The highest BCUT2D eigenvalue weighted by Gasteiger charge is 2.04. The van der Waals surface area contributed by atoms with Gasteiger partial charge in [-0.1, -0.05) is 0 Å². The van der Waals surface area contributed by atoms with Gasteiger partial charge in [0.05, 0.1) is 12.7 Å². The lowest BCUT2D eigenvalue weighted by atomic mass is 10.2. The van der Waals surface area contributed by atoms with Crippen LogP contribution in [0.5, 0.6) is 0 Å². The molecule has 0 aliphatic carbocycles. The number of nitrogens with one attached hydrogen (secondary N) is 1. The fraction of sp³-hybridized carbons (Fsp3) is 0.889. The number of rotatable bonds is 8. The van der Waals surface area contributed by atoms with Crippen LogP contribution in [-0.2, 0) is 9.53 Å². The third kappa shape index (κ3) is 11.2. The van der Waals surface area contributed by atoms with E-state index in [0.29, 0.717) is 6.42 Å². The molecule has 0 saturated carbocycles. The summed E-state index contributed by atoms with van der Waals surface area (Å²) in [7, 11) is 0. The van der Waals surface area contributed by atoms with Gasteiger partial charge in [-0.05, 0) is 13.3 Å². The number of alkyl halides is 2. The minimum Gasteiger partial charge on any atom is -0.393 e. The number of amides is 1. The van der Waals surface area contributed by atoms with Gasteiger partial charge in [0.1, 0.15) is 6.61 Å². The van der Waals surface area contributed by atoms with E-state index in [-0.39, 0.29) is 25.5 Å². The largest absolute Gasteiger partial charge is 0.393 e. The van der Waals surface area contributed by atoms with Gasteiger partial charge in [0.15, 0.2) is 0 Å². The average Bonchev–Trinajstić information content (AvgIpc) is 2.13. The molecule has 90 valence electrons. The molecule has 1 amide bonds. The second-order valence-corrected chi connectivity index (χ2v) is 3.20. The van der Waals surface area contributed by atoms with Crippen LogP contribution < -0.4 is 5.32 Å². The molecule has 0 aliphatic heterocycles. The number of ether oxygens (including phenoxy) is 1. The zero-order valence-corrected chi connectivity index (χ0v) is 8.71. The number of halogens is 2. The summed E-state index contributed by atoms with van der Waals surface area (Å²) in [5.41, 5.74) is 0. The Balaban J connectivity index is 3.24. The molecule has 0 aliphatic rings. The van der Waals surface area contributed by atoms with E-state index in [1.807, 2.05) is 0 Å². The smallest absolute Gasteiger partial charge is 0.261 e. The molecule has 0 fully saturated rings. The van der Waals surface area contributed by atoms with Gasteiger partial charge in [0.25, 0.3) is 6.43 Å². The highest BCUT2D eigenvalue weighted by Crippen LogP contribution is 1.95. The Hall–Kier alpha value is -0.750. The molecule has 0 rings (SSSR count). The van der Waals surface area contributed by atoms with Gasteiger partial charge in [-0.15, -0.1) is 0 Å². The molecule has 4 nitrogen and oxygen atoms in total. The summed E-state index contributed by atoms with van der Waals surface area (Å²) in [4.78, 5) is 11.0. The molecule has 15 heavy (non-hydrogen) atoms. The molecule has 0 aromatic carbocycles. The van der Waals surface area contributed by atoms with Crippen LogP contribution in [0.3, 0.4) is 0 Å². The highest BCUT2D eigenvalue weighted by molar-refractivity contribution is 5.75. The van der Waals surface area contributed by atoms with Crippen molar-refractivity contribution in [2.75, 3.05) is 19.8 Å². The maximum atomic E-state index is 11.6. The van der Waals surface area contributed by atoms with Crippen molar-refractivity contribution in [1.29, 1.82) is 0 Å². The van der Waals surface area contributed by atoms with Crippen molar-refractivity contribution in [3.05, 3.63) is 0 Å². The summed E-state index contributed by atoms with van der Waals surface area (Å²) >= 11 is 0. The summed E-state index contributed by atoms with van der Waals surface area (Å²) < 4.78 is 27.7. The van der Waals surface area contributed by atoms with Crippen LogP contribution in [0.4, 0.5) is 8.78 Å². The first-order valence-electron chi connectivity index (χ1n) is 4.83. The van der Waals surface area contributed by atoms with E-state index in [9.17, 15) is 13.6 Å². The summed E-state index contributed by atoms with van der Waals surface area (Å²) in [6.07, 6.45) is -2.36. The van der Waals surface area contributed by atoms with Crippen molar-refractivity contribution in [1.82, 2.24) is 5.32 Å². The van der Waals surface area contributed by atoms with Gasteiger partial charge in [-0.25, -0.2) is 8.78 Å². The highest BCUT2D eigenvalue weighted by atomic mass is 19.3. The molecule has 0 aromatic rings. The first kappa shape index (κ1) is 14.2. The third-order valence-corrected chi connectivity index (χ3v) is 1.60. The minimum absolute atomic E-state index is 0.0742. The third-order valence-electron chi connectivity index (χ3n) is 1.60. The van der Waals surface area contributed by atoms with E-state index in [4.69, 9.17) is 5.11 Å². The second-order valence-electron chi connectivity index (χ2n) is 3.20. The zero-order chi connectivity index (χ0) is 11.7. The van der Waals surface area contributed by atoms with Crippen LogP contribution in [0.2, 0.25) is 0 Å². The van der Waals surface area contributed by atoms with E-state index < -0.39 is 19.1 Å². The summed E-state index contributed by atoms with van der Waals surface area (Å²) in [6.45, 7) is 1.28. The van der Waals surface area contributed by atoms with Gasteiger partial charge >= 0.3 is 0 Å². The van der Waals surface area contributed by atoms with Crippen molar-refractivity contribution in [2.24, 2.45) is 0 Å². The lowest BCUT2D eigenvalue weighted by Crippen LogP contribution is -2.28. The maximum Gasteiger partial charge on any atom is 0.261 e. The van der Waals surface area contributed by atoms with E-state index >= 15 is 0 Å². The van der Waals surface area contributed by atoms with Crippen molar-refractivity contribution < 1.29 is 23.4 Å². The van der Waals surface area contributed by atoms with Gasteiger partial charge < -0.3 is 15.2 Å². The summed E-state index contributed by atoms with van der Waals surface area (Å²) in [5, 5.41) is 11.4. The Kier molecular flexibility index (Phi) is 8.12. The van der Waals surface area contributed by atoms with Crippen molar-refractivity contribution in [3.8, 4) is 0 Å². The Morgan fingerprint density at radius 2 is 2.20 bits per heavy atom. The van der Waals surface area contributed by atoms with Gasteiger partial charge in [-0.2, -0.15) is 0 Å². The standard InChI is InChI=1S/C9H17F2NO3/c1-7(13)2-3-9(14)12-4-5-15-6-8(10)11/h7-8,13H,2-6H2,1H3,(H,12,14). The predicted molar refractivity (Wildman–Crippen MR) is 50.7 cm³/mol. The molecule has 1 atom stereocenters. The fourth-order valence-corrected chi connectivity index (χ4v) is 0.863. The lowest BCUT2D eigenvalue weighted by Gasteiger charge is -2.06. The first-order chi connectivity index (χ1) is 7.02. The Labute approximate surface area is 87.6 Å². The average molecular weight is 225 g/mol. The van der Waals surface area contributed by atoms with E-state index in [0.717, 1.165) is 0 Å². The maximum absolute atomic E-state index is 11.6. The van der Waals surface area contributed by atoms with Crippen molar-refractivity contribution in [2.45, 2.75) is 32.3 Å². The number of carbonyl (C=O) groups excluding carboxylic acids is 1. The Morgan fingerprint density at radius 1 is 1.53 bits per heavy atom. The van der Waals surface area contributed by atoms with E-state index in [2.05, 4.69) is 10.1 Å². The van der Waals surface area contributed by atoms with Gasteiger partial charge in [0.2, 0.25) is 5.91 Å². The second kappa shape index (κ2) is 8.55. The van der Waals surface area contributed by atoms with Crippen LogP contribution in [0, 0.1) is 0 Å². The molecule has 0 saturated heterocycles. The molecule has 1 unspecified atom stereocenters. The van der Waals surface area contributed by atoms with Gasteiger partial charge in [-0.3, -0.25) is 4.79 Å². The van der Waals surface area contributed by atoms with Crippen molar-refractivity contribution >= 4 is 5.91 Å². The van der Waals surface area contributed by atoms with Crippen LogP contribution >= 0.6 is 0 Å². The number of hydrogen-bond acceptors (Lipinski definition) is 3. The molecule has 0 spiro atoms. The molecule has 0 aromatic heterocycles. The number of aliphatic hydroxyl groups excluding tert-OH is 1. The topological polar surface area (TPSA) is 58.6 Å². The molecular weight excluding hydrogens is 208 g/mol. The molecule has 0 heterocycles. The molecular formula is C9H17F2NO3. The van der Waals surface area contributed by atoms with Crippen LogP contribution in [-0.4, -0.2) is 43.3 Å². The van der Waals surface area contributed by atoms with Crippen LogP contribution in [0.25, 0.3) is 0 Å². The van der Waals surface area contributed by atoms with E-state index in [1.165, 1.54) is 0 Å². The predicted octanol–water partition coefficient (Wildman–Crippen LogP) is 0.545. The van der Waals surface area contributed by atoms with Crippen LogP contribution in [0.1, 0.15) is 19.8 Å². The van der Waals surface area contributed by atoms with Gasteiger partial charge in [0, 0.05) is 13.0 Å².